The highest BCUT2D eigenvalue weighted by Crippen LogP contribution is 2.24. The van der Waals surface area contributed by atoms with Gasteiger partial charge in [0.1, 0.15) is 0 Å². The van der Waals surface area contributed by atoms with E-state index in [-0.39, 0.29) is 11.0 Å². The molecule has 0 saturated carbocycles. The van der Waals surface area contributed by atoms with Crippen LogP contribution in [0.5, 0.6) is 0 Å². The van der Waals surface area contributed by atoms with E-state index in [0.29, 0.717) is 12.4 Å². The number of thioether (sulfide) groups is 1. The molecule has 3 rings (SSSR count). The first-order valence-electron chi connectivity index (χ1n) is 8.66. The van der Waals surface area contributed by atoms with Crippen molar-refractivity contribution < 1.29 is 14.0 Å². The molecule has 0 aliphatic carbocycles. The largest absolute Gasteiger partial charge is 0.411 e. The van der Waals surface area contributed by atoms with E-state index in [1.807, 2.05) is 56.3 Å². The predicted octanol–water partition coefficient (Wildman–Crippen LogP) is 3.47. The van der Waals surface area contributed by atoms with Crippen LogP contribution < -0.4 is 10.6 Å². The van der Waals surface area contributed by atoms with Crippen molar-refractivity contribution in [3.8, 4) is 11.5 Å². The average molecular weight is 396 g/mol. The zero-order valence-electron chi connectivity index (χ0n) is 15.6. The van der Waals surface area contributed by atoms with Crippen LogP contribution in [0.2, 0.25) is 0 Å². The summed E-state index contributed by atoms with van der Waals surface area (Å²) >= 11 is 1.08. The number of carbonyl (C=O) groups is 2. The van der Waals surface area contributed by atoms with Gasteiger partial charge in [0.25, 0.3) is 5.22 Å². The maximum Gasteiger partial charge on any atom is 0.321 e. The molecule has 0 atom stereocenters. The summed E-state index contributed by atoms with van der Waals surface area (Å²) in [6.07, 6.45) is 0. The predicted molar refractivity (Wildman–Crippen MR) is 107 cm³/mol. The average Bonchev–Trinajstić information content (AvgIpc) is 3.14. The first-order valence-corrected chi connectivity index (χ1v) is 9.65. The van der Waals surface area contributed by atoms with Crippen molar-refractivity contribution in [2.24, 2.45) is 0 Å². The topological polar surface area (TPSA) is 97.1 Å². The van der Waals surface area contributed by atoms with E-state index in [1.54, 1.807) is 0 Å². The molecule has 0 radical (unpaired) electrons. The van der Waals surface area contributed by atoms with E-state index in [0.717, 1.165) is 34.0 Å². The van der Waals surface area contributed by atoms with E-state index in [2.05, 4.69) is 26.9 Å². The lowest BCUT2D eigenvalue weighted by Crippen LogP contribution is -2.39. The molecule has 3 amide bonds. The highest BCUT2D eigenvalue weighted by molar-refractivity contribution is 7.99. The fourth-order valence-electron chi connectivity index (χ4n) is 2.60. The first kappa shape index (κ1) is 19.6. The monoisotopic (exact) mass is 396 g/mol. The van der Waals surface area contributed by atoms with Gasteiger partial charge < -0.3 is 9.73 Å². The van der Waals surface area contributed by atoms with E-state index >= 15 is 0 Å². The summed E-state index contributed by atoms with van der Waals surface area (Å²) in [5.74, 6) is -0.0511. The van der Waals surface area contributed by atoms with Crippen molar-refractivity contribution in [3.63, 3.8) is 0 Å². The molecule has 0 unspecified atom stereocenters. The number of amides is 3. The lowest BCUT2D eigenvalue weighted by atomic mass is 10.1. The summed E-state index contributed by atoms with van der Waals surface area (Å²) in [5.41, 5.74) is 3.98. The molecule has 28 heavy (non-hydrogen) atoms. The van der Waals surface area contributed by atoms with Crippen LogP contribution in [0, 0.1) is 13.8 Å². The van der Waals surface area contributed by atoms with Crippen molar-refractivity contribution in [2.75, 3.05) is 5.75 Å². The molecule has 8 heteroatoms. The lowest BCUT2D eigenvalue weighted by molar-refractivity contribution is -0.117. The highest BCUT2D eigenvalue weighted by Gasteiger charge is 2.13. The molecule has 3 aromatic rings. The summed E-state index contributed by atoms with van der Waals surface area (Å²) in [6.45, 7) is 4.33. The van der Waals surface area contributed by atoms with Crippen molar-refractivity contribution in [2.45, 2.75) is 25.6 Å². The van der Waals surface area contributed by atoms with E-state index in [1.165, 1.54) is 0 Å². The number of aromatic nitrogens is 2. The number of hydrogen-bond acceptors (Lipinski definition) is 6. The Labute approximate surface area is 166 Å². The summed E-state index contributed by atoms with van der Waals surface area (Å²) in [7, 11) is 0. The SMILES string of the molecule is Cc1cc(C)cc(-c2nnc(SCC(=O)NC(=O)NCc3ccccc3)o2)c1. The van der Waals surface area contributed by atoms with Crippen molar-refractivity contribution in [3.05, 3.63) is 65.2 Å². The Kier molecular flexibility index (Phi) is 6.44. The molecule has 7 nitrogen and oxygen atoms in total. The van der Waals surface area contributed by atoms with Gasteiger partial charge in [-0.3, -0.25) is 10.1 Å². The fourth-order valence-corrected chi connectivity index (χ4v) is 3.16. The second-order valence-electron chi connectivity index (χ2n) is 6.25. The number of hydrogen-bond donors (Lipinski definition) is 2. The number of nitrogens with zero attached hydrogens (tertiary/aromatic N) is 2. The van der Waals surface area contributed by atoms with Crippen LogP contribution >= 0.6 is 11.8 Å². The van der Waals surface area contributed by atoms with Crippen molar-refractivity contribution in [1.82, 2.24) is 20.8 Å². The third-order valence-corrected chi connectivity index (χ3v) is 4.57. The minimum Gasteiger partial charge on any atom is -0.411 e. The van der Waals surface area contributed by atoms with Gasteiger partial charge in [-0.25, -0.2) is 4.79 Å². The van der Waals surface area contributed by atoms with Gasteiger partial charge in [-0.15, -0.1) is 10.2 Å². The number of urea groups is 1. The summed E-state index contributed by atoms with van der Waals surface area (Å²) in [6, 6.07) is 14.9. The minimum absolute atomic E-state index is 0.00671. The van der Waals surface area contributed by atoms with Gasteiger partial charge in [-0.2, -0.15) is 0 Å². The normalized spacial score (nSPS) is 10.5. The Morgan fingerprint density at radius 2 is 1.75 bits per heavy atom. The van der Waals surface area contributed by atoms with E-state index in [9.17, 15) is 9.59 Å². The summed E-state index contributed by atoms with van der Waals surface area (Å²) in [5, 5.41) is 13.1. The number of carbonyl (C=O) groups excluding carboxylic acids is 2. The van der Waals surface area contributed by atoms with Gasteiger partial charge in [0.05, 0.1) is 5.75 Å². The van der Waals surface area contributed by atoms with Crippen LogP contribution in [0.25, 0.3) is 11.5 Å². The second kappa shape index (κ2) is 9.18. The molecule has 0 aliphatic rings. The Balaban J connectivity index is 1.47. The van der Waals surface area contributed by atoms with Gasteiger partial charge in [-0.1, -0.05) is 59.3 Å². The lowest BCUT2D eigenvalue weighted by Gasteiger charge is -2.06. The van der Waals surface area contributed by atoms with Gasteiger partial charge in [0, 0.05) is 12.1 Å². The van der Waals surface area contributed by atoms with Crippen LogP contribution in [-0.4, -0.2) is 27.9 Å². The molecule has 0 aliphatic heterocycles. The molecule has 0 saturated heterocycles. The van der Waals surface area contributed by atoms with Crippen LogP contribution in [0.4, 0.5) is 4.79 Å². The minimum atomic E-state index is -0.545. The zero-order valence-corrected chi connectivity index (χ0v) is 16.4. The Morgan fingerprint density at radius 3 is 2.46 bits per heavy atom. The third-order valence-electron chi connectivity index (χ3n) is 3.75. The molecule has 2 N–H and O–H groups in total. The molecular weight excluding hydrogens is 376 g/mol. The van der Waals surface area contributed by atoms with Gasteiger partial charge >= 0.3 is 6.03 Å². The van der Waals surface area contributed by atoms with Gasteiger partial charge in [0.15, 0.2) is 0 Å². The molecule has 144 valence electrons. The standard InChI is InChI=1S/C20H20N4O3S/c1-13-8-14(2)10-16(9-13)18-23-24-20(27-18)28-12-17(25)22-19(26)21-11-15-6-4-3-5-7-15/h3-10H,11-12H2,1-2H3,(H2,21,22,25,26). The maximum atomic E-state index is 11.9. The Bertz CT molecular complexity index is 952. The number of nitrogens with one attached hydrogen (secondary N) is 2. The maximum absolute atomic E-state index is 11.9. The summed E-state index contributed by atoms with van der Waals surface area (Å²) < 4.78 is 5.60. The summed E-state index contributed by atoms with van der Waals surface area (Å²) in [4.78, 5) is 23.7. The smallest absolute Gasteiger partial charge is 0.321 e. The quantitative estimate of drug-likeness (QED) is 0.619. The molecule has 0 bridgehead atoms. The molecule has 1 aromatic heterocycles. The van der Waals surface area contributed by atoms with E-state index < -0.39 is 11.9 Å². The second-order valence-corrected chi connectivity index (χ2v) is 7.18. The Morgan fingerprint density at radius 1 is 1.04 bits per heavy atom. The molecule has 2 aromatic carbocycles. The molecular formula is C20H20N4O3S. The number of rotatable bonds is 6. The zero-order chi connectivity index (χ0) is 19.9. The molecule has 0 spiro atoms. The van der Waals surface area contributed by atoms with Crippen LogP contribution in [0.1, 0.15) is 16.7 Å². The fraction of sp³-hybridized carbons (Fsp3) is 0.200. The third kappa shape index (κ3) is 5.68. The molecule has 0 fully saturated rings. The van der Waals surface area contributed by atoms with Crippen molar-refractivity contribution >= 4 is 23.7 Å². The van der Waals surface area contributed by atoms with Crippen LogP contribution in [-0.2, 0) is 11.3 Å². The van der Waals surface area contributed by atoms with Gasteiger partial charge in [0.2, 0.25) is 11.8 Å². The first-order chi connectivity index (χ1) is 13.5. The van der Waals surface area contributed by atoms with E-state index in [4.69, 9.17) is 4.42 Å². The van der Waals surface area contributed by atoms with Gasteiger partial charge in [-0.05, 0) is 31.5 Å². The highest BCUT2D eigenvalue weighted by atomic mass is 32.2. The van der Waals surface area contributed by atoms with Crippen LogP contribution in [0.15, 0.2) is 58.2 Å². The van der Waals surface area contributed by atoms with Crippen molar-refractivity contribution in [1.29, 1.82) is 0 Å². The number of imide groups is 1. The Hall–Kier alpha value is -3.13. The number of aryl methyl sites for hydroxylation is 2. The molecule has 1 heterocycles. The number of benzene rings is 2. The van der Waals surface area contributed by atoms with Crippen LogP contribution in [0.3, 0.4) is 0 Å².